The van der Waals surface area contributed by atoms with Gasteiger partial charge in [0.15, 0.2) is 0 Å². The summed E-state index contributed by atoms with van der Waals surface area (Å²) in [6.07, 6.45) is 9.96. The van der Waals surface area contributed by atoms with Crippen molar-refractivity contribution in [3.8, 4) is 0 Å². The fourth-order valence-electron chi connectivity index (χ4n) is 5.16. The maximum Gasteiger partial charge on any atom is 0.136 e. The Hall–Kier alpha value is -0.370. The van der Waals surface area contributed by atoms with Gasteiger partial charge >= 0.3 is 0 Å². The standard InChI is InChI=1S/C19H34O2/c1-14(8-6-12-18(2,3)21)15-9-5-10-16-17(20)11-7-13-19(15,16)4/h14-16,21H,5-13H2,1-4H3/t14?,15-,16+,19-/m1/s1. The molecule has 0 spiro atoms. The van der Waals surface area contributed by atoms with Crippen LogP contribution in [0.5, 0.6) is 0 Å². The number of hydrogen-bond acceptors (Lipinski definition) is 2. The Morgan fingerprint density at radius 1 is 1.33 bits per heavy atom. The average molecular weight is 294 g/mol. The molecule has 0 aliphatic heterocycles. The highest BCUT2D eigenvalue weighted by atomic mass is 16.3. The molecule has 0 amide bonds. The molecule has 1 N–H and O–H groups in total. The molecule has 2 heteroatoms. The van der Waals surface area contributed by atoms with Crippen molar-refractivity contribution < 1.29 is 9.90 Å². The summed E-state index contributed by atoms with van der Waals surface area (Å²) in [5, 5.41) is 9.87. The molecule has 2 saturated carbocycles. The molecule has 2 nitrogen and oxygen atoms in total. The van der Waals surface area contributed by atoms with Crippen molar-refractivity contribution in [2.24, 2.45) is 23.2 Å². The Balaban J connectivity index is 1.99. The third kappa shape index (κ3) is 3.88. The number of ketones is 1. The summed E-state index contributed by atoms with van der Waals surface area (Å²) < 4.78 is 0. The summed E-state index contributed by atoms with van der Waals surface area (Å²) >= 11 is 0. The Bertz CT molecular complexity index is 368. The van der Waals surface area contributed by atoms with Gasteiger partial charge in [-0.2, -0.15) is 0 Å². The molecule has 2 aliphatic carbocycles. The summed E-state index contributed by atoms with van der Waals surface area (Å²) in [7, 11) is 0. The van der Waals surface area contributed by atoms with E-state index in [9.17, 15) is 9.90 Å². The molecule has 0 aromatic rings. The highest BCUT2D eigenvalue weighted by Gasteiger charge is 2.49. The maximum absolute atomic E-state index is 12.3. The van der Waals surface area contributed by atoms with Crippen LogP contribution in [0.25, 0.3) is 0 Å². The van der Waals surface area contributed by atoms with Gasteiger partial charge in [0.05, 0.1) is 5.60 Å². The zero-order valence-electron chi connectivity index (χ0n) is 14.5. The lowest BCUT2D eigenvalue weighted by atomic mass is 9.52. The third-order valence-electron chi connectivity index (χ3n) is 6.31. The summed E-state index contributed by atoms with van der Waals surface area (Å²) in [5.41, 5.74) is -0.290. The number of rotatable bonds is 5. The second-order valence-electron chi connectivity index (χ2n) is 8.60. The molecule has 0 bridgehead atoms. The highest BCUT2D eigenvalue weighted by molar-refractivity contribution is 5.82. The van der Waals surface area contributed by atoms with Gasteiger partial charge in [0.1, 0.15) is 5.78 Å². The van der Waals surface area contributed by atoms with E-state index >= 15 is 0 Å². The lowest BCUT2D eigenvalue weighted by Crippen LogP contribution is -2.47. The highest BCUT2D eigenvalue weighted by Crippen LogP contribution is 2.55. The van der Waals surface area contributed by atoms with Gasteiger partial charge in [0.25, 0.3) is 0 Å². The monoisotopic (exact) mass is 294 g/mol. The summed E-state index contributed by atoms with van der Waals surface area (Å²) in [6, 6.07) is 0. The fourth-order valence-corrected chi connectivity index (χ4v) is 5.16. The summed E-state index contributed by atoms with van der Waals surface area (Å²) in [5.74, 6) is 2.24. The summed E-state index contributed by atoms with van der Waals surface area (Å²) in [6.45, 7) is 8.57. The van der Waals surface area contributed by atoms with Crippen LogP contribution in [0.3, 0.4) is 0 Å². The van der Waals surface area contributed by atoms with E-state index in [0.717, 1.165) is 32.1 Å². The minimum atomic E-state index is -0.542. The molecule has 0 heterocycles. The van der Waals surface area contributed by atoms with Crippen molar-refractivity contribution in [2.75, 3.05) is 0 Å². The molecule has 0 saturated heterocycles. The third-order valence-corrected chi connectivity index (χ3v) is 6.31. The molecule has 0 aromatic carbocycles. The van der Waals surface area contributed by atoms with E-state index in [1.54, 1.807) is 0 Å². The van der Waals surface area contributed by atoms with Crippen LogP contribution >= 0.6 is 0 Å². The van der Waals surface area contributed by atoms with Gasteiger partial charge < -0.3 is 5.11 Å². The van der Waals surface area contributed by atoms with Crippen LogP contribution in [0, 0.1) is 23.2 Å². The van der Waals surface area contributed by atoms with Gasteiger partial charge in [0.2, 0.25) is 0 Å². The van der Waals surface area contributed by atoms with Crippen molar-refractivity contribution in [1.82, 2.24) is 0 Å². The predicted octanol–water partition coefficient (Wildman–Crippen LogP) is 4.74. The van der Waals surface area contributed by atoms with Gasteiger partial charge in [-0.15, -0.1) is 0 Å². The SMILES string of the molecule is CC(CCCC(C)(C)O)[C@H]1CCC[C@H]2C(=O)CCC[C@]12C. The van der Waals surface area contributed by atoms with E-state index in [1.807, 2.05) is 13.8 Å². The van der Waals surface area contributed by atoms with Crippen LogP contribution in [0.4, 0.5) is 0 Å². The molecular formula is C19H34O2. The van der Waals surface area contributed by atoms with Crippen molar-refractivity contribution in [1.29, 1.82) is 0 Å². The van der Waals surface area contributed by atoms with Crippen LogP contribution in [0.1, 0.15) is 85.5 Å². The number of fused-ring (bicyclic) bond motifs is 1. The average Bonchev–Trinajstić information content (AvgIpc) is 2.36. The van der Waals surface area contributed by atoms with Crippen LogP contribution in [0.15, 0.2) is 0 Å². The first-order valence-corrected chi connectivity index (χ1v) is 8.99. The second kappa shape index (κ2) is 6.40. The molecule has 0 radical (unpaired) electrons. The first-order chi connectivity index (χ1) is 9.74. The van der Waals surface area contributed by atoms with E-state index in [2.05, 4.69) is 13.8 Å². The Labute approximate surface area is 130 Å². The van der Waals surface area contributed by atoms with Gasteiger partial charge in [-0.25, -0.2) is 0 Å². The van der Waals surface area contributed by atoms with Crippen molar-refractivity contribution in [2.45, 2.75) is 91.1 Å². The minimum absolute atomic E-state index is 0.252. The molecule has 2 rings (SSSR count). The second-order valence-corrected chi connectivity index (χ2v) is 8.60. The number of hydrogen-bond donors (Lipinski definition) is 1. The molecule has 2 aliphatic rings. The minimum Gasteiger partial charge on any atom is -0.390 e. The largest absolute Gasteiger partial charge is 0.390 e. The smallest absolute Gasteiger partial charge is 0.136 e. The normalized spacial score (nSPS) is 35.4. The van der Waals surface area contributed by atoms with Crippen LogP contribution in [-0.4, -0.2) is 16.5 Å². The van der Waals surface area contributed by atoms with Gasteiger partial charge in [-0.3, -0.25) is 4.79 Å². The quantitative estimate of drug-likeness (QED) is 0.795. The van der Waals surface area contributed by atoms with E-state index in [1.165, 1.54) is 25.7 Å². The Morgan fingerprint density at radius 3 is 2.71 bits per heavy atom. The molecule has 0 aromatic heterocycles. The molecule has 122 valence electrons. The summed E-state index contributed by atoms with van der Waals surface area (Å²) in [4.78, 5) is 12.3. The van der Waals surface area contributed by atoms with Crippen LogP contribution in [0.2, 0.25) is 0 Å². The van der Waals surface area contributed by atoms with Crippen molar-refractivity contribution in [3.05, 3.63) is 0 Å². The predicted molar refractivity (Wildman–Crippen MR) is 87.1 cm³/mol. The number of Topliss-reactive ketones (excluding diaryl/α,β-unsaturated/α-hetero) is 1. The first kappa shape index (κ1) is 17.0. The van der Waals surface area contributed by atoms with Crippen LogP contribution in [-0.2, 0) is 4.79 Å². The number of carbonyl (C=O) groups excluding carboxylic acids is 1. The number of aliphatic hydroxyl groups is 1. The Kier molecular flexibility index (Phi) is 5.18. The zero-order valence-corrected chi connectivity index (χ0v) is 14.5. The van der Waals surface area contributed by atoms with Gasteiger partial charge in [0, 0.05) is 12.3 Å². The molecule has 1 unspecified atom stereocenters. The molecular weight excluding hydrogens is 260 g/mol. The van der Waals surface area contributed by atoms with Crippen molar-refractivity contribution in [3.63, 3.8) is 0 Å². The zero-order chi connectivity index (χ0) is 15.7. The van der Waals surface area contributed by atoms with E-state index in [4.69, 9.17) is 0 Å². The maximum atomic E-state index is 12.3. The van der Waals surface area contributed by atoms with Crippen LogP contribution < -0.4 is 0 Å². The molecule has 2 fully saturated rings. The Morgan fingerprint density at radius 2 is 2.05 bits per heavy atom. The van der Waals surface area contributed by atoms with Gasteiger partial charge in [-0.05, 0) is 63.2 Å². The first-order valence-electron chi connectivity index (χ1n) is 8.99. The van der Waals surface area contributed by atoms with E-state index in [0.29, 0.717) is 23.5 Å². The topological polar surface area (TPSA) is 37.3 Å². The van der Waals surface area contributed by atoms with Gasteiger partial charge in [-0.1, -0.05) is 33.1 Å². The number of carbonyl (C=O) groups is 1. The lowest BCUT2D eigenvalue weighted by molar-refractivity contribution is -0.137. The van der Waals surface area contributed by atoms with E-state index in [-0.39, 0.29) is 5.41 Å². The van der Waals surface area contributed by atoms with Crippen molar-refractivity contribution >= 4 is 5.78 Å². The lowest BCUT2D eigenvalue weighted by Gasteiger charge is -2.52. The fraction of sp³-hybridized carbons (Fsp3) is 0.947. The molecule has 21 heavy (non-hydrogen) atoms. The molecule has 4 atom stereocenters. The van der Waals surface area contributed by atoms with E-state index < -0.39 is 5.60 Å².